The molecule has 0 radical (unpaired) electrons. The van der Waals surface area contributed by atoms with Crippen LogP contribution in [-0.4, -0.2) is 39.1 Å². The number of fused-ring (bicyclic) bond motifs is 1. The molecule has 26 heavy (non-hydrogen) atoms. The van der Waals surface area contributed by atoms with E-state index < -0.39 is 0 Å². The van der Waals surface area contributed by atoms with Crippen molar-refractivity contribution in [3.8, 4) is 0 Å². The molecule has 1 unspecified atom stereocenters. The van der Waals surface area contributed by atoms with E-state index in [1.165, 1.54) is 12.5 Å². The van der Waals surface area contributed by atoms with E-state index in [1.807, 2.05) is 25.2 Å². The van der Waals surface area contributed by atoms with Crippen molar-refractivity contribution in [2.24, 2.45) is 5.92 Å². The molecule has 0 saturated carbocycles. The summed E-state index contributed by atoms with van der Waals surface area (Å²) in [7, 11) is 3.24. The number of hydrogen-bond donors (Lipinski definition) is 2. The van der Waals surface area contributed by atoms with Gasteiger partial charge in [-0.1, -0.05) is 42.5 Å². The number of amides is 1. The van der Waals surface area contributed by atoms with Crippen molar-refractivity contribution in [3.05, 3.63) is 48.0 Å². The van der Waals surface area contributed by atoms with E-state index in [0.29, 0.717) is 12.8 Å². The predicted molar refractivity (Wildman–Crippen MR) is 107 cm³/mol. The molecule has 0 aliphatic carbocycles. The fourth-order valence-corrected chi connectivity index (χ4v) is 2.81. The molecule has 0 aliphatic heterocycles. The van der Waals surface area contributed by atoms with E-state index in [2.05, 4.69) is 34.9 Å². The quantitative estimate of drug-likeness (QED) is 0.520. The maximum atomic E-state index is 12.1. The third-order valence-electron chi connectivity index (χ3n) is 4.21. The molecule has 0 spiro atoms. The van der Waals surface area contributed by atoms with E-state index >= 15 is 0 Å². The summed E-state index contributed by atoms with van der Waals surface area (Å²) >= 11 is 0. The van der Waals surface area contributed by atoms with Crippen molar-refractivity contribution in [1.29, 1.82) is 0 Å². The van der Waals surface area contributed by atoms with Crippen LogP contribution in [0.3, 0.4) is 0 Å². The number of nitrogens with one attached hydrogen (secondary N) is 2. The van der Waals surface area contributed by atoms with Gasteiger partial charge in [-0.2, -0.15) is 0 Å². The lowest BCUT2D eigenvalue weighted by atomic mass is 9.97. The molecule has 2 aromatic rings. The molecule has 2 N–H and O–H groups in total. The van der Waals surface area contributed by atoms with Gasteiger partial charge in [0, 0.05) is 13.0 Å². The van der Waals surface area contributed by atoms with Crippen molar-refractivity contribution in [3.63, 3.8) is 0 Å². The van der Waals surface area contributed by atoms with Gasteiger partial charge in [-0.05, 0) is 42.8 Å². The molecule has 0 fully saturated rings. The zero-order valence-corrected chi connectivity index (χ0v) is 16.1. The van der Waals surface area contributed by atoms with Gasteiger partial charge >= 0.3 is 5.97 Å². The van der Waals surface area contributed by atoms with Gasteiger partial charge in [-0.25, -0.2) is 0 Å². The third-order valence-corrected chi connectivity index (χ3v) is 4.21. The molecular formula is C20H27ClN2O3. The van der Waals surface area contributed by atoms with Crippen molar-refractivity contribution >= 4 is 35.1 Å². The highest BCUT2D eigenvalue weighted by Gasteiger charge is 2.20. The molecule has 0 aromatic heterocycles. The van der Waals surface area contributed by atoms with Crippen LogP contribution >= 0.6 is 12.4 Å². The number of carbonyl (C=O) groups excluding carboxylic acids is 2. The van der Waals surface area contributed by atoms with Crippen LogP contribution in [-0.2, 0) is 20.7 Å². The molecule has 2 rings (SSSR count). The van der Waals surface area contributed by atoms with Crippen molar-refractivity contribution in [2.45, 2.75) is 19.3 Å². The standard InChI is InChI=1S/C20H26N2O3.ClH/c1-21-11-5-8-19(23)22-14-18(20(24)25-2)13-15-9-10-16-6-3-4-7-17(16)12-15;/h3-4,6-7,9-10,12,18,21H,5,8,11,13-14H2,1-2H3,(H,22,23);1H. The van der Waals surface area contributed by atoms with E-state index in [0.717, 1.165) is 23.9 Å². The van der Waals surface area contributed by atoms with Gasteiger partial charge in [-0.3, -0.25) is 9.59 Å². The first-order valence-corrected chi connectivity index (χ1v) is 8.61. The van der Waals surface area contributed by atoms with Gasteiger partial charge in [0.05, 0.1) is 13.0 Å². The lowest BCUT2D eigenvalue weighted by Gasteiger charge is -2.16. The van der Waals surface area contributed by atoms with Gasteiger partial charge in [0.25, 0.3) is 0 Å². The lowest BCUT2D eigenvalue weighted by molar-refractivity contribution is -0.145. The lowest BCUT2D eigenvalue weighted by Crippen LogP contribution is -2.34. The monoisotopic (exact) mass is 378 g/mol. The highest BCUT2D eigenvalue weighted by molar-refractivity contribution is 5.85. The highest BCUT2D eigenvalue weighted by atomic mass is 35.5. The van der Waals surface area contributed by atoms with Crippen LogP contribution < -0.4 is 10.6 Å². The Labute approximate surface area is 160 Å². The summed E-state index contributed by atoms with van der Waals surface area (Å²) in [5, 5.41) is 8.16. The van der Waals surface area contributed by atoms with E-state index in [-0.39, 0.29) is 36.7 Å². The van der Waals surface area contributed by atoms with Crippen LogP contribution in [0.15, 0.2) is 42.5 Å². The maximum Gasteiger partial charge on any atom is 0.310 e. The van der Waals surface area contributed by atoms with Gasteiger partial charge < -0.3 is 15.4 Å². The van der Waals surface area contributed by atoms with E-state index in [4.69, 9.17) is 4.74 Å². The second-order valence-electron chi connectivity index (χ2n) is 6.12. The molecule has 0 saturated heterocycles. The summed E-state index contributed by atoms with van der Waals surface area (Å²) in [6, 6.07) is 14.3. The number of rotatable bonds is 9. The van der Waals surface area contributed by atoms with Crippen LogP contribution in [0.1, 0.15) is 18.4 Å². The Kier molecular flexibility index (Phi) is 9.70. The van der Waals surface area contributed by atoms with Gasteiger partial charge in [-0.15, -0.1) is 12.4 Å². The van der Waals surface area contributed by atoms with Gasteiger partial charge in [0.2, 0.25) is 5.91 Å². The fraction of sp³-hybridized carbons (Fsp3) is 0.400. The summed E-state index contributed by atoms with van der Waals surface area (Å²) in [5.74, 6) is -0.731. The number of ether oxygens (including phenoxy) is 1. The average molecular weight is 379 g/mol. The zero-order chi connectivity index (χ0) is 18.1. The Bertz CT molecular complexity index is 721. The third kappa shape index (κ3) is 6.65. The van der Waals surface area contributed by atoms with Crippen LogP contribution in [0.5, 0.6) is 0 Å². The number of benzene rings is 2. The Morgan fingerprint density at radius 3 is 2.54 bits per heavy atom. The number of hydrogen-bond acceptors (Lipinski definition) is 4. The summed E-state index contributed by atoms with van der Waals surface area (Å²) in [5.41, 5.74) is 1.05. The summed E-state index contributed by atoms with van der Waals surface area (Å²) in [4.78, 5) is 23.9. The Hall–Kier alpha value is -2.11. The first-order valence-electron chi connectivity index (χ1n) is 8.61. The SMILES string of the molecule is CNCCCC(=O)NCC(Cc1ccc2ccccc2c1)C(=O)OC.Cl. The molecule has 5 nitrogen and oxygen atoms in total. The minimum Gasteiger partial charge on any atom is -0.469 e. The van der Waals surface area contributed by atoms with E-state index in [9.17, 15) is 9.59 Å². The van der Waals surface area contributed by atoms with Crippen LogP contribution in [0.2, 0.25) is 0 Å². The minimum absolute atomic E-state index is 0. The summed E-state index contributed by atoms with van der Waals surface area (Å²) in [6.07, 6.45) is 1.76. The molecule has 1 atom stereocenters. The molecular weight excluding hydrogens is 352 g/mol. The highest BCUT2D eigenvalue weighted by Crippen LogP contribution is 2.18. The molecule has 142 valence electrons. The number of carbonyl (C=O) groups is 2. The van der Waals surface area contributed by atoms with Crippen molar-refractivity contribution in [2.75, 3.05) is 27.2 Å². The zero-order valence-electron chi connectivity index (χ0n) is 15.3. The number of methoxy groups -OCH3 is 1. The Morgan fingerprint density at radius 2 is 1.85 bits per heavy atom. The largest absolute Gasteiger partial charge is 0.469 e. The molecule has 0 heterocycles. The number of esters is 1. The second-order valence-corrected chi connectivity index (χ2v) is 6.12. The molecule has 2 aromatic carbocycles. The Morgan fingerprint density at radius 1 is 1.12 bits per heavy atom. The molecule has 6 heteroatoms. The first kappa shape index (κ1) is 21.9. The minimum atomic E-state index is -0.389. The Balaban J connectivity index is 0.00000338. The van der Waals surface area contributed by atoms with Crippen molar-refractivity contribution < 1.29 is 14.3 Å². The summed E-state index contributed by atoms with van der Waals surface area (Å²) in [6.45, 7) is 1.09. The van der Waals surface area contributed by atoms with Crippen molar-refractivity contribution in [1.82, 2.24) is 10.6 Å². The normalized spacial score (nSPS) is 11.5. The second kappa shape index (κ2) is 11.5. The average Bonchev–Trinajstić information content (AvgIpc) is 2.64. The van der Waals surface area contributed by atoms with Gasteiger partial charge in [0.1, 0.15) is 0 Å². The van der Waals surface area contributed by atoms with E-state index in [1.54, 1.807) is 0 Å². The molecule has 1 amide bonds. The maximum absolute atomic E-state index is 12.1. The van der Waals surface area contributed by atoms with Crippen LogP contribution in [0.4, 0.5) is 0 Å². The first-order chi connectivity index (χ1) is 12.1. The number of halogens is 1. The fourth-order valence-electron chi connectivity index (χ4n) is 2.81. The van der Waals surface area contributed by atoms with Crippen LogP contribution in [0.25, 0.3) is 10.8 Å². The molecule has 0 bridgehead atoms. The topological polar surface area (TPSA) is 67.4 Å². The predicted octanol–water partition coefficient (Wildman–Crippen LogP) is 2.71. The molecule has 0 aliphatic rings. The van der Waals surface area contributed by atoms with Crippen LogP contribution in [0, 0.1) is 5.92 Å². The summed E-state index contributed by atoms with van der Waals surface area (Å²) < 4.78 is 4.90. The van der Waals surface area contributed by atoms with Gasteiger partial charge in [0.15, 0.2) is 0 Å². The smallest absolute Gasteiger partial charge is 0.310 e.